The Labute approximate surface area is 124 Å². The number of rotatable bonds is 7. The van der Waals surface area contributed by atoms with Crippen LogP contribution in [0.25, 0.3) is 10.9 Å². The van der Waals surface area contributed by atoms with E-state index in [4.69, 9.17) is 14.6 Å². The normalized spacial score (nSPS) is 12.0. The zero-order chi connectivity index (χ0) is 15.5. The van der Waals surface area contributed by atoms with E-state index >= 15 is 0 Å². The Bertz CT molecular complexity index is 722. The predicted octanol–water partition coefficient (Wildman–Crippen LogP) is 1.72. The Morgan fingerprint density at radius 2 is 2.00 bits per heavy atom. The van der Waals surface area contributed by atoms with Crippen molar-refractivity contribution in [2.24, 2.45) is 5.14 Å². The van der Waals surface area contributed by atoms with E-state index in [1.54, 1.807) is 19.4 Å². The molecule has 1 aromatic carbocycles. The molecule has 6 nitrogen and oxygen atoms in total. The largest absolute Gasteiger partial charge is 0.496 e. The van der Waals surface area contributed by atoms with Crippen LogP contribution in [0.1, 0.15) is 12.8 Å². The summed E-state index contributed by atoms with van der Waals surface area (Å²) >= 11 is 0. The van der Waals surface area contributed by atoms with Crippen LogP contribution in [0.2, 0.25) is 0 Å². The van der Waals surface area contributed by atoms with Gasteiger partial charge in [-0.2, -0.15) is 0 Å². The standard InChI is InChI=1S/C14H20N2O4S/c1-19-9-4-3-8-16-10-13(21(15,17)18)14-11(16)6-5-7-12(14)20-2/h5-7,10H,3-4,8-9H2,1-2H3,(H2,15,17,18). The average molecular weight is 312 g/mol. The number of methoxy groups -OCH3 is 2. The van der Waals surface area contributed by atoms with Gasteiger partial charge in [0.2, 0.25) is 10.0 Å². The van der Waals surface area contributed by atoms with Gasteiger partial charge in [-0.1, -0.05) is 6.07 Å². The predicted molar refractivity (Wildman–Crippen MR) is 81.0 cm³/mol. The fraction of sp³-hybridized carbons (Fsp3) is 0.429. The number of primary sulfonamides is 1. The number of nitrogens with two attached hydrogens (primary N) is 1. The van der Waals surface area contributed by atoms with Crippen molar-refractivity contribution in [2.45, 2.75) is 24.3 Å². The molecule has 0 unspecified atom stereocenters. The number of aryl methyl sites for hydroxylation is 1. The first kappa shape index (κ1) is 15.8. The number of nitrogens with zero attached hydrogens (tertiary/aromatic N) is 1. The lowest BCUT2D eigenvalue weighted by molar-refractivity contribution is 0.191. The molecule has 0 saturated carbocycles. The van der Waals surface area contributed by atoms with Crippen LogP contribution in [0.5, 0.6) is 5.75 Å². The van der Waals surface area contributed by atoms with Crippen molar-refractivity contribution in [1.29, 1.82) is 0 Å². The number of benzene rings is 1. The molecule has 0 aliphatic rings. The van der Waals surface area contributed by atoms with Crippen LogP contribution in [0.15, 0.2) is 29.3 Å². The Morgan fingerprint density at radius 1 is 1.24 bits per heavy atom. The summed E-state index contributed by atoms with van der Waals surface area (Å²) in [7, 11) is -0.629. The lowest BCUT2D eigenvalue weighted by Crippen LogP contribution is -2.11. The van der Waals surface area contributed by atoms with Crippen LogP contribution in [-0.4, -0.2) is 33.8 Å². The summed E-state index contributed by atoms with van der Waals surface area (Å²) in [5.41, 5.74) is 0.802. The Kier molecular flexibility index (Phi) is 4.87. The maximum absolute atomic E-state index is 11.8. The summed E-state index contributed by atoms with van der Waals surface area (Å²) in [4.78, 5) is 0.0988. The van der Waals surface area contributed by atoms with Gasteiger partial charge >= 0.3 is 0 Å². The number of sulfonamides is 1. The quantitative estimate of drug-likeness (QED) is 0.789. The highest BCUT2D eigenvalue weighted by Crippen LogP contribution is 2.32. The smallest absolute Gasteiger partial charge is 0.240 e. The number of ether oxygens (including phenoxy) is 2. The molecule has 1 heterocycles. The molecule has 1 aromatic heterocycles. The molecule has 0 bridgehead atoms. The molecular formula is C14H20N2O4S. The molecule has 0 aliphatic heterocycles. The van der Waals surface area contributed by atoms with Crippen LogP contribution in [0.3, 0.4) is 0 Å². The second kappa shape index (κ2) is 6.46. The van der Waals surface area contributed by atoms with Gasteiger partial charge in [-0.3, -0.25) is 0 Å². The summed E-state index contributed by atoms with van der Waals surface area (Å²) in [6.07, 6.45) is 3.37. The first-order chi connectivity index (χ1) is 9.99. The van der Waals surface area contributed by atoms with E-state index in [1.807, 2.05) is 16.7 Å². The van der Waals surface area contributed by atoms with E-state index < -0.39 is 10.0 Å². The molecule has 2 rings (SSSR count). The molecular weight excluding hydrogens is 292 g/mol. The third kappa shape index (κ3) is 3.37. The van der Waals surface area contributed by atoms with E-state index in [0.717, 1.165) is 18.4 Å². The summed E-state index contributed by atoms with van der Waals surface area (Å²) < 4.78 is 35.8. The second-order valence-electron chi connectivity index (χ2n) is 4.79. The SMILES string of the molecule is COCCCCn1cc(S(N)(=O)=O)c2c(OC)cccc21. The number of aromatic nitrogens is 1. The molecule has 0 fully saturated rings. The number of hydrogen-bond donors (Lipinski definition) is 1. The van der Waals surface area contributed by atoms with Crippen LogP contribution < -0.4 is 9.88 Å². The van der Waals surface area contributed by atoms with E-state index in [2.05, 4.69) is 0 Å². The summed E-state index contributed by atoms with van der Waals surface area (Å²) in [5, 5.41) is 5.86. The van der Waals surface area contributed by atoms with Gasteiger partial charge < -0.3 is 14.0 Å². The molecule has 2 aromatic rings. The minimum Gasteiger partial charge on any atom is -0.496 e. The highest BCUT2D eigenvalue weighted by Gasteiger charge is 2.20. The van der Waals surface area contributed by atoms with Gasteiger partial charge in [0.25, 0.3) is 0 Å². The second-order valence-corrected chi connectivity index (χ2v) is 6.32. The monoisotopic (exact) mass is 312 g/mol. The first-order valence-corrected chi connectivity index (χ1v) is 8.21. The summed E-state index contributed by atoms with van der Waals surface area (Å²) in [5.74, 6) is 0.507. The fourth-order valence-corrected chi connectivity index (χ4v) is 3.15. The van der Waals surface area contributed by atoms with Gasteiger partial charge in [0.15, 0.2) is 0 Å². The molecule has 7 heteroatoms. The van der Waals surface area contributed by atoms with E-state index in [-0.39, 0.29) is 4.90 Å². The maximum atomic E-state index is 11.8. The Hall–Kier alpha value is -1.57. The molecule has 0 spiro atoms. The van der Waals surface area contributed by atoms with Gasteiger partial charge in [0.05, 0.1) is 18.0 Å². The van der Waals surface area contributed by atoms with Crippen molar-refractivity contribution in [1.82, 2.24) is 4.57 Å². The summed E-state index contributed by atoms with van der Waals surface area (Å²) in [6.45, 7) is 1.38. The zero-order valence-corrected chi connectivity index (χ0v) is 13.0. The molecule has 116 valence electrons. The molecule has 0 aliphatic carbocycles. The van der Waals surface area contributed by atoms with Crippen LogP contribution in [0, 0.1) is 0 Å². The van der Waals surface area contributed by atoms with Crippen molar-refractivity contribution < 1.29 is 17.9 Å². The summed E-state index contributed by atoms with van der Waals surface area (Å²) in [6, 6.07) is 5.43. The fourth-order valence-electron chi connectivity index (χ4n) is 2.38. The lowest BCUT2D eigenvalue weighted by Gasteiger charge is -2.06. The zero-order valence-electron chi connectivity index (χ0n) is 12.2. The van der Waals surface area contributed by atoms with Gasteiger partial charge in [0, 0.05) is 26.5 Å². The third-order valence-electron chi connectivity index (χ3n) is 3.36. The number of fused-ring (bicyclic) bond motifs is 1. The van der Waals surface area contributed by atoms with Crippen molar-refractivity contribution in [3.8, 4) is 5.75 Å². The van der Waals surface area contributed by atoms with E-state index in [1.165, 1.54) is 7.11 Å². The minimum atomic E-state index is -3.80. The first-order valence-electron chi connectivity index (χ1n) is 6.66. The van der Waals surface area contributed by atoms with Crippen molar-refractivity contribution in [2.75, 3.05) is 20.8 Å². The van der Waals surface area contributed by atoms with Crippen molar-refractivity contribution in [3.05, 3.63) is 24.4 Å². The van der Waals surface area contributed by atoms with Crippen molar-refractivity contribution in [3.63, 3.8) is 0 Å². The highest BCUT2D eigenvalue weighted by molar-refractivity contribution is 7.89. The third-order valence-corrected chi connectivity index (χ3v) is 4.28. The van der Waals surface area contributed by atoms with Gasteiger partial charge in [0.1, 0.15) is 10.6 Å². The van der Waals surface area contributed by atoms with Crippen LogP contribution in [0.4, 0.5) is 0 Å². The molecule has 0 atom stereocenters. The van der Waals surface area contributed by atoms with Gasteiger partial charge in [-0.15, -0.1) is 0 Å². The Balaban J connectivity index is 2.48. The molecule has 0 radical (unpaired) electrons. The van der Waals surface area contributed by atoms with E-state index in [0.29, 0.717) is 24.3 Å². The van der Waals surface area contributed by atoms with Crippen molar-refractivity contribution >= 4 is 20.9 Å². The van der Waals surface area contributed by atoms with Gasteiger partial charge in [-0.25, -0.2) is 13.6 Å². The number of hydrogen-bond acceptors (Lipinski definition) is 4. The molecule has 0 amide bonds. The van der Waals surface area contributed by atoms with E-state index in [9.17, 15) is 8.42 Å². The average Bonchev–Trinajstić information content (AvgIpc) is 2.82. The molecule has 2 N–H and O–H groups in total. The lowest BCUT2D eigenvalue weighted by atomic mass is 10.2. The molecule has 21 heavy (non-hydrogen) atoms. The van der Waals surface area contributed by atoms with Gasteiger partial charge in [-0.05, 0) is 25.0 Å². The van der Waals surface area contributed by atoms with Crippen LogP contribution in [-0.2, 0) is 21.3 Å². The number of unbranched alkanes of at least 4 members (excludes halogenated alkanes) is 1. The highest BCUT2D eigenvalue weighted by atomic mass is 32.2. The minimum absolute atomic E-state index is 0.0988. The molecule has 0 saturated heterocycles. The topological polar surface area (TPSA) is 83.5 Å². The Morgan fingerprint density at radius 3 is 2.62 bits per heavy atom. The maximum Gasteiger partial charge on any atom is 0.240 e. The van der Waals surface area contributed by atoms with Crippen LogP contribution >= 0.6 is 0 Å².